The van der Waals surface area contributed by atoms with E-state index in [4.69, 9.17) is 0 Å². The van der Waals surface area contributed by atoms with Gasteiger partial charge in [-0.25, -0.2) is 0 Å². The van der Waals surface area contributed by atoms with Crippen LogP contribution in [-0.2, 0) is 11.2 Å². The topological polar surface area (TPSA) is 23.1 Å². The Labute approximate surface area is 77.0 Å². The zero-order valence-corrected chi connectivity index (χ0v) is 8.06. The molecule has 0 saturated carbocycles. The van der Waals surface area contributed by atoms with Crippen LogP contribution in [0.1, 0.15) is 19.8 Å². The third-order valence-corrected chi connectivity index (χ3v) is 3.01. The smallest absolute Gasteiger partial charge is 0.160 e. The van der Waals surface area contributed by atoms with Crippen molar-refractivity contribution in [2.75, 3.05) is 5.75 Å². The normalized spacial score (nSPS) is 12.8. The van der Waals surface area contributed by atoms with Gasteiger partial charge in [-0.05, 0) is 29.7 Å². The summed E-state index contributed by atoms with van der Waals surface area (Å²) in [5.74, 6) is 0.761. The summed E-state index contributed by atoms with van der Waals surface area (Å²) in [6.07, 6.45) is 2.12. The number of hydrogen-bond donors (Lipinski definition) is 0. The summed E-state index contributed by atoms with van der Waals surface area (Å²) in [6.45, 7) is 2.10. The van der Waals surface area contributed by atoms with E-state index in [1.54, 1.807) is 6.07 Å². The summed E-state index contributed by atoms with van der Waals surface area (Å²) in [7, 11) is 0. The summed E-state index contributed by atoms with van der Waals surface area (Å²) in [5.41, 5.74) is 0. The Kier molecular flexibility index (Phi) is 4.19. The Balaban J connectivity index is 2.48. The quantitative estimate of drug-likeness (QED) is 0.654. The fourth-order valence-corrected chi connectivity index (χ4v) is 2.10. The third kappa shape index (κ3) is 2.88. The van der Waals surface area contributed by atoms with Crippen LogP contribution < -0.4 is 0 Å². The summed E-state index contributed by atoms with van der Waals surface area (Å²) in [6, 6.07) is 10.4. The molecule has 12 heavy (non-hydrogen) atoms. The molecule has 65 valence electrons. The molecule has 0 N–H and O–H groups in total. The molecule has 0 fully saturated rings. The van der Waals surface area contributed by atoms with Gasteiger partial charge in [-0.1, -0.05) is 25.5 Å². The Morgan fingerprint density at radius 2 is 2.33 bits per heavy atom. The molecule has 0 aliphatic carbocycles. The van der Waals surface area contributed by atoms with E-state index >= 15 is 0 Å². The van der Waals surface area contributed by atoms with Gasteiger partial charge >= 0.3 is 0 Å². The number of benzene rings is 1. The average Bonchev–Trinajstić information content (AvgIpc) is 2.15. The zero-order chi connectivity index (χ0) is 8.81. The Hall–Kier alpha value is -0.470. The average molecular weight is 181 g/mol. The molecule has 1 radical (unpaired) electrons. The van der Waals surface area contributed by atoms with Gasteiger partial charge in [0.05, 0.1) is 0 Å². The van der Waals surface area contributed by atoms with E-state index in [1.165, 1.54) is 0 Å². The number of hydrogen-bond acceptors (Lipinski definition) is 1. The van der Waals surface area contributed by atoms with Crippen LogP contribution in [0.4, 0.5) is 0 Å². The van der Waals surface area contributed by atoms with Crippen LogP contribution in [0.3, 0.4) is 0 Å². The van der Waals surface area contributed by atoms with Gasteiger partial charge in [0.1, 0.15) is 5.75 Å². The maximum atomic E-state index is 11.5. The molecule has 0 saturated heterocycles. The molecule has 1 atom stereocenters. The van der Waals surface area contributed by atoms with E-state index in [0.717, 1.165) is 23.5 Å². The summed E-state index contributed by atoms with van der Waals surface area (Å²) in [4.78, 5) is 0.825. The lowest BCUT2D eigenvalue weighted by Crippen LogP contribution is -2.06. The van der Waals surface area contributed by atoms with Gasteiger partial charge in [-0.2, -0.15) is 0 Å². The molecular weight excluding hydrogens is 168 g/mol. The van der Waals surface area contributed by atoms with Crippen molar-refractivity contribution in [3.63, 3.8) is 0 Å². The molecule has 1 aromatic rings. The second-order valence-electron chi connectivity index (χ2n) is 2.63. The number of unbranched alkanes of at least 4 members (excludes halogenated alkanes) is 1. The van der Waals surface area contributed by atoms with Crippen molar-refractivity contribution >= 4 is 11.2 Å². The van der Waals surface area contributed by atoms with Crippen molar-refractivity contribution in [2.24, 2.45) is 0 Å². The first-order chi connectivity index (χ1) is 5.84. The second-order valence-corrected chi connectivity index (χ2v) is 4.17. The minimum Gasteiger partial charge on any atom is -0.611 e. The first-order valence-corrected chi connectivity index (χ1v) is 5.51. The van der Waals surface area contributed by atoms with Crippen molar-refractivity contribution in [2.45, 2.75) is 24.7 Å². The maximum Gasteiger partial charge on any atom is 0.160 e. The van der Waals surface area contributed by atoms with E-state index in [2.05, 4.69) is 13.0 Å². The first-order valence-electron chi connectivity index (χ1n) is 4.19. The lowest BCUT2D eigenvalue weighted by atomic mass is 10.4. The monoisotopic (exact) mass is 181 g/mol. The summed E-state index contributed by atoms with van der Waals surface area (Å²) < 4.78 is 11.5. The van der Waals surface area contributed by atoms with Gasteiger partial charge in [-0.15, -0.1) is 0 Å². The summed E-state index contributed by atoms with van der Waals surface area (Å²) >= 11 is -0.839. The van der Waals surface area contributed by atoms with Crippen molar-refractivity contribution in [3.8, 4) is 0 Å². The fourth-order valence-electron chi connectivity index (χ4n) is 0.904. The van der Waals surface area contributed by atoms with Gasteiger partial charge < -0.3 is 4.55 Å². The molecule has 0 bridgehead atoms. The largest absolute Gasteiger partial charge is 0.611 e. The van der Waals surface area contributed by atoms with E-state index in [1.807, 2.05) is 18.2 Å². The van der Waals surface area contributed by atoms with Gasteiger partial charge in [-0.3, -0.25) is 0 Å². The molecule has 0 aliphatic heterocycles. The van der Waals surface area contributed by atoms with Crippen LogP contribution in [0.15, 0.2) is 29.2 Å². The van der Waals surface area contributed by atoms with Crippen molar-refractivity contribution in [1.82, 2.24) is 0 Å². The molecule has 1 nitrogen and oxygen atoms in total. The van der Waals surface area contributed by atoms with E-state index in [-0.39, 0.29) is 0 Å². The van der Waals surface area contributed by atoms with Gasteiger partial charge in [0.25, 0.3) is 0 Å². The lowest BCUT2D eigenvalue weighted by Gasteiger charge is -2.08. The Bertz CT molecular complexity index is 210. The Morgan fingerprint density at radius 1 is 1.50 bits per heavy atom. The van der Waals surface area contributed by atoms with Crippen LogP contribution in [0, 0.1) is 6.07 Å². The predicted octanol–water partition coefficient (Wildman–Crippen LogP) is 2.39. The lowest BCUT2D eigenvalue weighted by molar-refractivity contribution is 0.591. The zero-order valence-electron chi connectivity index (χ0n) is 7.25. The Morgan fingerprint density at radius 3 is 2.92 bits per heavy atom. The standard InChI is InChI=1S/C10H13OS/c1-2-3-9-12(11)10-7-5-4-6-8-10/h4-7H,2-3,9H2,1H3. The van der Waals surface area contributed by atoms with Crippen LogP contribution in [0.2, 0.25) is 0 Å². The minimum absolute atomic E-state index is 0.761. The van der Waals surface area contributed by atoms with Crippen LogP contribution in [-0.4, -0.2) is 10.3 Å². The fraction of sp³-hybridized carbons (Fsp3) is 0.400. The molecule has 0 amide bonds. The van der Waals surface area contributed by atoms with Gasteiger partial charge in [0.2, 0.25) is 0 Å². The molecule has 0 aromatic heterocycles. The van der Waals surface area contributed by atoms with Gasteiger partial charge in [0, 0.05) is 6.07 Å². The maximum absolute atomic E-state index is 11.5. The van der Waals surface area contributed by atoms with Crippen molar-refractivity contribution in [3.05, 3.63) is 30.3 Å². The second kappa shape index (κ2) is 5.22. The van der Waals surface area contributed by atoms with E-state index in [0.29, 0.717) is 0 Å². The predicted molar refractivity (Wildman–Crippen MR) is 51.5 cm³/mol. The molecule has 1 rings (SSSR count). The van der Waals surface area contributed by atoms with Crippen LogP contribution >= 0.6 is 0 Å². The number of rotatable bonds is 4. The first kappa shape index (κ1) is 9.62. The molecule has 1 unspecified atom stereocenters. The van der Waals surface area contributed by atoms with Crippen molar-refractivity contribution in [1.29, 1.82) is 0 Å². The molecule has 0 spiro atoms. The molecule has 2 heteroatoms. The highest BCUT2D eigenvalue weighted by Crippen LogP contribution is 2.10. The molecular formula is C10H13OS. The highest BCUT2D eigenvalue weighted by Gasteiger charge is 2.07. The molecule has 1 aromatic carbocycles. The van der Waals surface area contributed by atoms with Gasteiger partial charge in [0.15, 0.2) is 4.90 Å². The highest BCUT2D eigenvalue weighted by atomic mass is 32.2. The molecule has 0 heterocycles. The van der Waals surface area contributed by atoms with Crippen molar-refractivity contribution < 1.29 is 4.55 Å². The highest BCUT2D eigenvalue weighted by molar-refractivity contribution is 7.91. The minimum atomic E-state index is -0.839. The van der Waals surface area contributed by atoms with E-state index in [9.17, 15) is 4.55 Å². The van der Waals surface area contributed by atoms with E-state index < -0.39 is 11.2 Å². The van der Waals surface area contributed by atoms with Crippen LogP contribution in [0.25, 0.3) is 0 Å². The van der Waals surface area contributed by atoms with Crippen LogP contribution in [0.5, 0.6) is 0 Å². The molecule has 0 aliphatic rings. The third-order valence-electron chi connectivity index (χ3n) is 1.61. The summed E-state index contributed by atoms with van der Waals surface area (Å²) in [5, 5.41) is 0. The SMILES string of the molecule is CCCC[S+]([O-])c1[c]cccc1.